The van der Waals surface area contributed by atoms with E-state index in [0.29, 0.717) is 17.0 Å². The van der Waals surface area contributed by atoms with Gasteiger partial charge in [-0.2, -0.15) is 0 Å². The number of pyridine rings is 1. The fourth-order valence-corrected chi connectivity index (χ4v) is 2.41. The summed E-state index contributed by atoms with van der Waals surface area (Å²) in [5.41, 5.74) is 2.44. The van der Waals surface area contributed by atoms with Crippen molar-refractivity contribution < 1.29 is 8.42 Å². The first-order valence-corrected chi connectivity index (χ1v) is 8.35. The summed E-state index contributed by atoms with van der Waals surface area (Å²) in [6.07, 6.45) is 4.31. The lowest BCUT2D eigenvalue weighted by Crippen LogP contribution is -2.08. The molecule has 110 valence electrons. The zero-order chi connectivity index (χ0) is 15.6. The molecule has 2 aromatic heterocycles. The Balaban J connectivity index is 2.27. The molecule has 1 aromatic carbocycles. The summed E-state index contributed by atoms with van der Waals surface area (Å²) in [5.74, 6) is 0. The van der Waals surface area contributed by atoms with Crippen LogP contribution >= 0.6 is 0 Å². The Labute approximate surface area is 127 Å². The Morgan fingerprint density at radius 2 is 1.59 bits per heavy atom. The minimum Gasteiger partial charge on any atom is -0.264 e. The van der Waals surface area contributed by atoms with E-state index in [1.807, 2.05) is 30.3 Å². The molecule has 3 aromatic rings. The second kappa shape index (κ2) is 5.61. The van der Waals surface area contributed by atoms with E-state index < -0.39 is 9.84 Å². The highest BCUT2D eigenvalue weighted by Crippen LogP contribution is 2.28. The van der Waals surface area contributed by atoms with Gasteiger partial charge in [0.2, 0.25) is 9.84 Å². The van der Waals surface area contributed by atoms with E-state index in [0.717, 1.165) is 11.8 Å². The van der Waals surface area contributed by atoms with Crippen LogP contribution in [-0.4, -0.2) is 34.8 Å². The monoisotopic (exact) mass is 312 g/mol. The van der Waals surface area contributed by atoms with Gasteiger partial charge in [0.05, 0.1) is 0 Å². The van der Waals surface area contributed by atoms with Crippen LogP contribution in [0.5, 0.6) is 0 Å². The van der Waals surface area contributed by atoms with Crippen molar-refractivity contribution in [1.29, 1.82) is 0 Å². The normalized spacial score (nSPS) is 11.3. The highest BCUT2D eigenvalue weighted by atomic mass is 32.2. The molecular weight excluding hydrogens is 300 g/mol. The van der Waals surface area contributed by atoms with Gasteiger partial charge in [-0.05, 0) is 12.1 Å². The molecule has 7 heteroatoms. The number of nitrogens with zero attached hydrogens (tertiary/aromatic N) is 4. The van der Waals surface area contributed by atoms with E-state index in [2.05, 4.69) is 20.2 Å². The van der Waals surface area contributed by atoms with E-state index in [1.165, 1.54) is 0 Å². The summed E-state index contributed by atoms with van der Waals surface area (Å²) < 4.78 is 23.4. The second-order valence-electron chi connectivity index (χ2n) is 4.67. The van der Waals surface area contributed by atoms with Crippen molar-refractivity contribution in [3.63, 3.8) is 0 Å². The SMILES string of the molecule is CS(=O)(=O)c1nnc(-c2ccccc2)c(-c2cccnc2)n1. The Morgan fingerprint density at radius 3 is 2.23 bits per heavy atom. The maximum atomic E-state index is 11.7. The van der Waals surface area contributed by atoms with Crippen LogP contribution in [0.25, 0.3) is 22.5 Å². The van der Waals surface area contributed by atoms with Gasteiger partial charge < -0.3 is 0 Å². The Hall–Kier alpha value is -2.67. The van der Waals surface area contributed by atoms with E-state index in [9.17, 15) is 8.42 Å². The predicted molar refractivity (Wildman–Crippen MR) is 81.6 cm³/mol. The second-order valence-corrected chi connectivity index (χ2v) is 6.58. The molecule has 0 saturated heterocycles. The van der Waals surface area contributed by atoms with Gasteiger partial charge >= 0.3 is 0 Å². The number of benzene rings is 1. The molecule has 0 fully saturated rings. The Kier molecular flexibility index (Phi) is 3.64. The highest BCUT2D eigenvalue weighted by molar-refractivity contribution is 7.90. The summed E-state index contributed by atoms with van der Waals surface area (Å²) >= 11 is 0. The molecule has 6 nitrogen and oxygen atoms in total. The van der Waals surface area contributed by atoms with Crippen LogP contribution < -0.4 is 0 Å². The van der Waals surface area contributed by atoms with Crippen molar-refractivity contribution in [3.8, 4) is 22.5 Å². The first-order chi connectivity index (χ1) is 10.6. The molecule has 0 N–H and O–H groups in total. The Morgan fingerprint density at radius 1 is 0.864 bits per heavy atom. The van der Waals surface area contributed by atoms with E-state index in [4.69, 9.17) is 0 Å². The molecule has 0 saturated carbocycles. The molecule has 0 aliphatic carbocycles. The minimum atomic E-state index is -3.54. The molecule has 3 rings (SSSR count). The Bertz CT molecular complexity index is 897. The lowest BCUT2D eigenvalue weighted by molar-refractivity contribution is 0.589. The summed E-state index contributed by atoms with van der Waals surface area (Å²) in [7, 11) is -3.54. The third kappa shape index (κ3) is 2.84. The largest absolute Gasteiger partial charge is 0.267 e. The summed E-state index contributed by atoms with van der Waals surface area (Å²) in [4.78, 5) is 8.24. The van der Waals surface area contributed by atoms with Crippen molar-refractivity contribution >= 4 is 9.84 Å². The van der Waals surface area contributed by atoms with Gasteiger partial charge in [0.15, 0.2) is 0 Å². The van der Waals surface area contributed by atoms with Crippen LogP contribution in [0.1, 0.15) is 0 Å². The van der Waals surface area contributed by atoms with Crippen LogP contribution in [0.3, 0.4) is 0 Å². The maximum absolute atomic E-state index is 11.7. The number of aromatic nitrogens is 4. The lowest BCUT2D eigenvalue weighted by Gasteiger charge is -2.08. The first kappa shape index (κ1) is 14.3. The van der Waals surface area contributed by atoms with Gasteiger partial charge in [0.1, 0.15) is 11.4 Å². The first-order valence-electron chi connectivity index (χ1n) is 6.46. The molecule has 0 aliphatic heterocycles. The van der Waals surface area contributed by atoms with Gasteiger partial charge in [-0.15, -0.1) is 10.2 Å². The van der Waals surface area contributed by atoms with Crippen molar-refractivity contribution in [3.05, 3.63) is 54.9 Å². The fourth-order valence-electron chi connectivity index (χ4n) is 1.96. The van der Waals surface area contributed by atoms with E-state index in [-0.39, 0.29) is 5.16 Å². The average Bonchev–Trinajstić information content (AvgIpc) is 2.55. The molecule has 0 amide bonds. The van der Waals surface area contributed by atoms with Crippen LogP contribution in [-0.2, 0) is 9.84 Å². The highest BCUT2D eigenvalue weighted by Gasteiger charge is 2.18. The number of hydrogen-bond acceptors (Lipinski definition) is 6. The zero-order valence-electron chi connectivity index (χ0n) is 11.7. The molecule has 2 heterocycles. The van der Waals surface area contributed by atoms with Crippen LogP contribution in [0.4, 0.5) is 0 Å². The van der Waals surface area contributed by atoms with Crippen LogP contribution in [0.15, 0.2) is 60.0 Å². The quantitative estimate of drug-likeness (QED) is 0.735. The third-order valence-electron chi connectivity index (χ3n) is 2.98. The number of rotatable bonds is 3. The third-order valence-corrected chi connectivity index (χ3v) is 3.82. The fraction of sp³-hybridized carbons (Fsp3) is 0.0667. The molecule has 0 atom stereocenters. The standard InChI is InChI=1S/C15H12N4O2S/c1-22(20,21)15-17-13(12-8-5-9-16-10-12)14(18-19-15)11-6-3-2-4-7-11/h2-10H,1H3. The lowest BCUT2D eigenvalue weighted by atomic mass is 10.1. The molecule has 22 heavy (non-hydrogen) atoms. The minimum absolute atomic E-state index is 0.300. The summed E-state index contributed by atoms with van der Waals surface area (Å²) in [6, 6.07) is 12.9. The average molecular weight is 312 g/mol. The van der Waals surface area contributed by atoms with E-state index >= 15 is 0 Å². The smallest absolute Gasteiger partial charge is 0.264 e. The summed E-state index contributed by atoms with van der Waals surface area (Å²) in [5, 5.41) is 7.52. The van der Waals surface area contributed by atoms with Gasteiger partial charge in [-0.1, -0.05) is 30.3 Å². The topological polar surface area (TPSA) is 85.7 Å². The molecular formula is C15H12N4O2S. The van der Waals surface area contributed by atoms with Crippen molar-refractivity contribution in [1.82, 2.24) is 20.2 Å². The number of hydrogen-bond donors (Lipinski definition) is 0. The van der Waals surface area contributed by atoms with Crippen LogP contribution in [0.2, 0.25) is 0 Å². The van der Waals surface area contributed by atoms with Gasteiger partial charge in [0.25, 0.3) is 5.16 Å². The maximum Gasteiger partial charge on any atom is 0.267 e. The van der Waals surface area contributed by atoms with Crippen molar-refractivity contribution in [2.24, 2.45) is 0 Å². The van der Waals surface area contributed by atoms with Gasteiger partial charge in [0, 0.05) is 29.8 Å². The molecule has 0 unspecified atom stereocenters. The van der Waals surface area contributed by atoms with Gasteiger partial charge in [-0.25, -0.2) is 13.4 Å². The predicted octanol–water partition coefficient (Wildman–Crippen LogP) is 2.00. The molecule has 0 bridgehead atoms. The zero-order valence-corrected chi connectivity index (χ0v) is 12.5. The summed E-state index contributed by atoms with van der Waals surface area (Å²) in [6.45, 7) is 0. The van der Waals surface area contributed by atoms with E-state index in [1.54, 1.807) is 24.5 Å². The number of sulfone groups is 1. The van der Waals surface area contributed by atoms with Crippen molar-refractivity contribution in [2.45, 2.75) is 5.16 Å². The molecule has 0 spiro atoms. The van der Waals surface area contributed by atoms with Crippen molar-refractivity contribution in [2.75, 3.05) is 6.26 Å². The van der Waals surface area contributed by atoms with Crippen LogP contribution in [0, 0.1) is 0 Å². The molecule has 0 radical (unpaired) electrons. The molecule has 0 aliphatic rings. The van der Waals surface area contributed by atoms with Gasteiger partial charge in [-0.3, -0.25) is 4.98 Å².